The van der Waals surface area contributed by atoms with Gasteiger partial charge in [0.1, 0.15) is 5.75 Å². The van der Waals surface area contributed by atoms with Gasteiger partial charge in [-0.1, -0.05) is 18.2 Å². The van der Waals surface area contributed by atoms with Crippen molar-refractivity contribution in [3.63, 3.8) is 0 Å². The molecule has 0 radical (unpaired) electrons. The molecule has 3 rings (SSSR count). The number of rotatable bonds is 3. The van der Waals surface area contributed by atoms with Crippen molar-refractivity contribution in [3.8, 4) is 5.75 Å². The lowest BCUT2D eigenvalue weighted by Crippen LogP contribution is -2.11. The lowest BCUT2D eigenvalue weighted by molar-refractivity contribution is 0.102. The third kappa shape index (κ3) is 2.41. The quantitative estimate of drug-likeness (QED) is 0.645. The SMILES string of the molecule is COc1cc(NC(=O)c2c[nH]c3ccccc23)ccc1N. The number of hydrogen-bond donors (Lipinski definition) is 3. The molecule has 0 aliphatic carbocycles. The van der Waals surface area contributed by atoms with Gasteiger partial charge in [-0.2, -0.15) is 0 Å². The van der Waals surface area contributed by atoms with Gasteiger partial charge in [0.2, 0.25) is 0 Å². The molecule has 1 heterocycles. The van der Waals surface area contributed by atoms with E-state index in [9.17, 15) is 4.79 Å². The Kier molecular flexibility index (Phi) is 3.23. The van der Waals surface area contributed by atoms with E-state index < -0.39 is 0 Å². The van der Waals surface area contributed by atoms with Gasteiger partial charge < -0.3 is 20.8 Å². The Morgan fingerprint density at radius 3 is 2.86 bits per heavy atom. The van der Waals surface area contributed by atoms with E-state index in [0.717, 1.165) is 10.9 Å². The summed E-state index contributed by atoms with van der Waals surface area (Å²) in [6.07, 6.45) is 1.70. The average Bonchev–Trinajstić information content (AvgIpc) is 2.93. The van der Waals surface area contributed by atoms with E-state index in [0.29, 0.717) is 22.7 Å². The minimum Gasteiger partial charge on any atom is -0.495 e. The van der Waals surface area contributed by atoms with Crippen LogP contribution in [0.1, 0.15) is 10.4 Å². The number of aromatic amines is 1. The van der Waals surface area contributed by atoms with Crippen molar-refractivity contribution in [2.24, 2.45) is 0 Å². The highest BCUT2D eigenvalue weighted by Gasteiger charge is 2.12. The maximum Gasteiger partial charge on any atom is 0.257 e. The Bertz CT molecular complexity index is 808. The lowest BCUT2D eigenvalue weighted by atomic mass is 10.1. The number of carbonyl (C=O) groups excluding carboxylic acids is 1. The third-order valence-corrected chi connectivity index (χ3v) is 3.33. The predicted octanol–water partition coefficient (Wildman–Crippen LogP) is 3.01. The zero-order valence-electron chi connectivity index (χ0n) is 11.5. The first-order valence-electron chi connectivity index (χ1n) is 6.50. The monoisotopic (exact) mass is 281 g/mol. The number of H-pyrrole nitrogens is 1. The number of para-hydroxylation sites is 1. The standard InChI is InChI=1S/C16H15N3O2/c1-21-15-8-10(6-7-13(15)17)19-16(20)12-9-18-14-5-3-2-4-11(12)14/h2-9,18H,17H2,1H3,(H,19,20). The van der Waals surface area contributed by atoms with Crippen molar-refractivity contribution in [2.75, 3.05) is 18.2 Å². The maximum atomic E-state index is 12.4. The van der Waals surface area contributed by atoms with Crippen molar-refractivity contribution in [2.45, 2.75) is 0 Å². The van der Waals surface area contributed by atoms with Gasteiger partial charge in [-0.25, -0.2) is 0 Å². The van der Waals surface area contributed by atoms with E-state index in [1.54, 1.807) is 24.4 Å². The number of nitrogen functional groups attached to an aromatic ring is 1. The smallest absolute Gasteiger partial charge is 0.257 e. The number of carbonyl (C=O) groups is 1. The summed E-state index contributed by atoms with van der Waals surface area (Å²) in [5.41, 5.74) is 8.45. The molecule has 4 N–H and O–H groups in total. The molecule has 0 atom stereocenters. The summed E-state index contributed by atoms with van der Waals surface area (Å²) >= 11 is 0. The van der Waals surface area contributed by atoms with Crippen LogP contribution >= 0.6 is 0 Å². The third-order valence-electron chi connectivity index (χ3n) is 3.33. The molecule has 0 unspecified atom stereocenters. The van der Waals surface area contributed by atoms with Gasteiger partial charge in [-0.05, 0) is 18.2 Å². The molecular weight excluding hydrogens is 266 g/mol. The van der Waals surface area contributed by atoms with E-state index in [1.807, 2.05) is 24.3 Å². The molecule has 106 valence electrons. The maximum absolute atomic E-state index is 12.4. The Morgan fingerprint density at radius 2 is 2.05 bits per heavy atom. The van der Waals surface area contributed by atoms with Crippen molar-refractivity contribution < 1.29 is 9.53 Å². The van der Waals surface area contributed by atoms with Gasteiger partial charge in [0.15, 0.2) is 0 Å². The van der Waals surface area contributed by atoms with E-state index in [1.165, 1.54) is 7.11 Å². The predicted molar refractivity (Wildman–Crippen MR) is 83.7 cm³/mol. The Balaban J connectivity index is 1.89. The van der Waals surface area contributed by atoms with Crippen LogP contribution in [0.5, 0.6) is 5.75 Å². The van der Waals surface area contributed by atoms with Crippen molar-refractivity contribution in [1.29, 1.82) is 0 Å². The van der Waals surface area contributed by atoms with Crippen LogP contribution in [0, 0.1) is 0 Å². The van der Waals surface area contributed by atoms with Crippen molar-refractivity contribution in [3.05, 3.63) is 54.2 Å². The molecule has 3 aromatic rings. The second-order valence-electron chi connectivity index (χ2n) is 4.66. The van der Waals surface area contributed by atoms with Gasteiger partial charge >= 0.3 is 0 Å². The van der Waals surface area contributed by atoms with Crippen molar-refractivity contribution in [1.82, 2.24) is 4.98 Å². The number of ether oxygens (including phenoxy) is 1. The zero-order valence-corrected chi connectivity index (χ0v) is 11.5. The average molecular weight is 281 g/mol. The summed E-state index contributed by atoms with van der Waals surface area (Å²) in [5, 5.41) is 3.73. The minimum atomic E-state index is -0.181. The number of aromatic nitrogens is 1. The Hall–Kier alpha value is -2.95. The van der Waals surface area contributed by atoms with Crippen LogP contribution in [0.4, 0.5) is 11.4 Å². The normalized spacial score (nSPS) is 10.5. The van der Waals surface area contributed by atoms with Crippen LogP contribution in [-0.4, -0.2) is 18.0 Å². The van der Waals surface area contributed by atoms with Gasteiger partial charge in [0.05, 0.1) is 18.4 Å². The number of methoxy groups -OCH3 is 1. The van der Waals surface area contributed by atoms with Gasteiger partial charge in [-0.15, -0.1) is 0 Å². The molecular formula is C16H15N3O2. The molecule has 1 aromatic heterocycles. The first kappa shape index (κ1) is 13.1. The van der Waals surface area contributed by atoms with Crippen LogP contribution in [0.3, 0.4) is 0 Å². The number of benzene rings is 2. The molecule has 0 aliphatic heterocycles. The molecule has 0 saturated heterocycles. The number of anilines is 2. The van der Waals surface area contributed by atoms with E-state index in [2.05, 4.69) is 10.3 Å². The van der Waals surface area contributed by atoms with Gasteiger partial charge in [0, 0.05) is 28.9 Å². The second kappa shape index (κ2) is 5.20. The molecule has 0 saturated carbocycles. The Labute approximate surface area is 121 Å². The summed E-state index contributed by atoms with van der Waals surface area (Å²) < 4.78 is 5.15. The molecule has 0 fully saturated rings. The lowest BCUT2D eigenvalue weighted by Gasteiger charge is -2.08. The fourth-order valence-electron chi connectivity index (χ4n) is 2.25. The zero-order chi connectivity index (χ0) is 14.8. The fraction of sp³-hybridized carbons (Fsp3) is 0.0625. The van der Waals surface area contributed by atoms with E-state index >= 15 is 0 Å². The molecule has 0 spiro atoms. The van der Waals surface area contributed by atoms with Crippen LogP contribution in [-0.2, 0) is 0 Å². The summed E-state index contributed by atoms with van der Waals surface area (Å²) in [4.78, 5) is 15.5. The minimum absolute atomic E-state index is 0.181. The number of fused-ring (bicyclic) bond motifs is 1. The Morgan fingerprint density at radius 1 is 1.24 bits per heavy atom. The molecule has 1 amide bonds. The molecule has 5 nitrogen and oxygen atoms in total. The molecule has 5 heteroatoms. The van der Waals surface area contributed by atoms with Crippen LogP contribution in [0.2, 0.25) is 0 Å². The fourth-order valence-corrected chi connectivity index (χ4v) is 2.25. The second-order valence-corrected chi connectivity index (χ2v) is 4.66. The van der Waals surface area contributed by atoms with Gasteiger partial charge in [-0.3, -0.25) is 4.79 Å². The number of amides is 1. The number of nitrogens with two attached hydrogens (primary N) is 1. The van der Waals surface area contributed by atoms with E-state index in [-0.39, 0.29) is 5.91 Å². The number of hydrogen-bond acceptors (Lipinski definition) is 3. The van der Waals surface area contributed by atoms with Crippen LogP contribution in [0.15, 0.2) is 48.7 Å². The summed E-state index contributed by atoms with van der Waals surface area (Å²) in [7, 11) is 1.54. The summed E-state index contributed by atoms with van der Waals surface area (Å²) in [6, 6.07) is 12.8. The highest BCUT2D eigenvalue weighted by atomic mass is 16.5. The topological polar surface area (TPSA) is 80.1 Å². The summed E-state index contributed by atoms with van der Waals surface area (Å²) in [6.45, 7) is 0. The van der Waals surface area contributed by atoms with Crippen molar-refractivity contribution >= 4 is 28.2 Å². The highest BCUT2D eigenvalue weighted by molar-refractivity contribution is 6.12. The van der Waals surface area contributed by atoms with Gasteiger partial charge in [0.25, 0.3) is 5.91 Å². The number of nitrogens with one attached hydrogen (secondary N) is 2. The largest absolute Gasteiger partial charge is 0.495 e. The summed E-state index contributed by atoms with van der Waals surface area (Å²) in [5.74, 6) is 0.353. The first-order valence-corrected chi connectivity index (χ1v) is 6.50. The molecule has 21 heavy (non-hydrogen) atoms. The first-order chi connectivity index (χ1) is 10.2. The highest BCUT2D eigenvalue weighted by Crippen LogP contribution is 2.26. The van der Waals surface area contributed by atoms with Crippen LogP contribution in [0.25, 0.3) is 10.9 Å². The molecule has 0 bridgehead atoms. The van der Waals surface area contributed by atoms with E-state index in [4.69, 9.17) is 10.5 Å². The molecule has 0 aliphatic rings. The van der Waals surface area contributed by atoms with Crippen LogP contribution < -0.4 is 15.8 Å². The molecule has 2 aromatic carbocycles.